The van der Waals surface area contributed by atoms with Gasteiger partial charge < -0.3 is 5.32 Å². The van der Waals surface area contributed by atoms with Gasteiger partial charge in [-0.2, -0.15) is 0 Å². The van der Waals surface area contributed by atoms with Crippen LogP contribution in [0.4, 0.5) is 0 Å². The van der Waals surface area contributed by atoms with Crippen molar-refractivity contribution in [1.82, 2.24) is 10.0 Å². The van der Waals surface area contributed by atoms with E-state index in [9.17, 15) is 8.42 Å². The number of benzene rings is 1. The molecule has 0 saturated heterocycles. The summed E-state index contributed by atoms with van der Waals surface area (Å²) in [5, 5.41) is 3.53. The van der Waals surface area contributed by atoms with E-state index in [1.54, 1.807) is 13.1 Å². The molecule has 1 fully saturated rings. The maximum absolute atomic E-state index is 12.3. The minimum atomic E-state index is -3.61. The van der Waals surface area contributed by atoms with E-state index in [0.29, 0.717) is 17.1 Å². The Labute approximate surface area is 123 Å². The van der Waals surface area contributed by atoms with Crippen LogP contribution < -0.4 is 10.0 Å². The average Bonchev–Trinajstić information content (AvgIpc) is 2.28. The summed E-state index contributed by atoms with van der Waals surface area (Å²) in [6.45, 7) is 0.464. The first-order valence-electron chi connectivity index (χ1n) is 6.09. The van der Waals surface area contributed by atoms with Gasteiger partial charge in [0.1, 0.15) is 4.90 Å². The highest BCUT2D eigenvalue weighted by Crippen LogP contribution is 2.30. The Morgan fingerprint density at radius 2 is 2.00 bits per heavy atom. The molecule has 4 nitrogen and oxygen atoms in total. The molecular weight excluding hydrogens is 307 g/mol. The van der Waals surface area contributed by atoms with Crippen LogP contribution in [0.3, 0.4) is 0 Å². The standard InChI is InChI=1S/C12H16Cl2N2O2S/c1-15-7-8-5-9(13)6-11(12(8)14)19(17,18)16-10-3-2-4-10/h5-6,10,15-16H,2-4,7H2,1H3. The van der Waals surface area contributed by atoms with E-state index in [0.717, 1.165) is 19.3 Å². The van der Waals surface area contributed by atoms with Gasteiger partial charge in [-0.3, -0.25) is 0 Å². The molecule has 0 bridgehead atoms. The Hall–Kier alpha value is -0.330. The monoisotopic (exact) mass is 322 g/mol. The Bertz CT molecular complexity index is 571. The molecule has 1 aliphatic rings. The van der Waals surface area contributed by atoms with Gasteiger partial charge in [-0.1, -0.05) is 29.6 Å². The lowest BCUT2D eigenvalue weighted by Gasteiger charge is -2.26. The van der Waals surface area contributed by atoms with Crippen LogP contribution >= 0.6 is 23.2 Å². The molecule has 0 aromatic heterocycles. The van der Waals surface area contributed by atoms with E-state index >= 15 is 0 Å². The third-order valence-electron chi connectivity index (χ3n) is 3.16. The van der Waals surface area contributed by atoms with Gasteiger partial charge in [0, 0.05) is 17.6 Å². The second-order valence-corrected chi connectivity index (χ2v) is 7.15. The summed E-state index contributed by atoms with van der Waals surface area (Å²) in [4.78, 5) is 0.0545. The third-order valence-corrected chi connectivity index (χ3v) is 5.48. The van der Waals surface area contributed by atoms with E-state index in [-0.39, 0.29) is 16.0 Å². The largest absolute Gasteiger partial charge is 0.316 e. The zero-order valence-corrected chi connectivity index (χ0v) is 12.9. The first-order valence-corrected chi connectivity index (χ1v) is 8.33. The summed E-state index contributed by atoms with van der Waals surface area (Å²) >= 11 is 12.1. The van der Waals surface area contributed by atoms with E-state index in [1.165, 1.54) is 6.07 Å². The van der Waals surface area contributed by atoms with Crippen molar-refractivity contribution in [3.8, 4) is 0 Å². The smallest absolute Gasteiger partial charge is 0.242 e. The van der Waals surface area contributed by atoms with Gasteiger partial charge in [0.05, 0.1) is 5.02 Å². The molecule has 0 heterocycles. The van der Waals surface area contributed by atoms with Crippen molar-refractivity contribution in [3.05, 3.63) is 27.7 Å². The molecule has 0 spiro atoms. The molecule has 1 aliphatic carbocycles. The first-order chi connectivity index (χ1) is 8.94. The summed E-state index contributed by atoms with van der Waals surface area (Å²) in [6.07, 6.45) is 2.81. The van der Waals surface area contributed by atoms with E-state index < -0.39 is 10.0 Å². The van der Waals surface area contributed by atoms with Gasteiger partial charge in [0.2, 0.25) is 10.0 Å². The van der Waals surface area contributed by atoms with Crippen LogP contribution in [-0.4, -0.2) is 21.5 Å². The highest BCUT2D eigenvalue weighted by atomic mass is 35.5. The average molecular weight is 323 g/mol. The van der Waals surface area contributed by atoms with Crippen molar-refractivity contribution in [3.63, 3.8) is 0 Å². The van der Waals surface area contributed by atoms with Crippen molar-refractivity contribution in [2.75, 3.05) is 7.05 Å². The number of hydrogen-bond donors (Lipinski definition) is 2. The minimum Gasteiger partial charge on any atom is -0.316 e. The zero-order chi connectivity index (χ0) is 14.0. The lowest BCUT2D eigenvalue weighted by molar-refractivity contribution is 0.383. The Morgan fingerprint density at radius 1 is 1.32 bits per heavy atom. The second-order valence-electron chi connectivity index (χ2n) is 4.66. The van der Waals surface area contributed by atoms with Crippen LogP contribution in [0.2, 0.25) is 10.0 Å². The topological polar surface area (TPSA) is 58.2 Å². The molecular formula is C12H16Cl2N2O2S. The quantitative estimate of drug-likeness (QED) is 0.875. The molecule has 7 heteroatoms. The highest BCUT2D eigenvalue weighted by Gasteiger charge is 2.27. The Balaban J connectivity index is 2.37. The third kappa shape index (κ3) is 3.41. The molecule has 0 radical (unpaired) electrons. The fraction of sp³-hybridized carbons (Fsp3) is 0.500. The van der Waals surface area contributed by atoms with Gasteiger partial charge >= 0.3 is 0 Å². The molecule has 1 saturated carbocycles. The molecule has 2 rings (SSSR count). The number of halogens is 2. The molecule has 19 heavy (non-hydrogen) atoms. The second kappa shape index (κ2) is 5.97. The molecule has 1 aromatic carbocycles. The zero-order valence-electron chi connectivity index (χ0n) is 10.5. The molecule has 2 N–H and O–H groups in total. The van der Waals surface area contributed by atoms with Crippen molar-refractivity contribution in [2.24, 2.45) is 0 Å². The predicted octanol–water partition coefficient (Wildman–Crippen LogP) is 2.54. The number of rotatable bonds is 5. The first kappa shape index (κ1) is 15.1. The highest BCUT2D eigenvalue weighted by molar-refractivity contribution is 7.89. The molecule has 0 amide bonds. The van der Waals surface area contributed by atoms with Crippen molar-refractivity contribution in [2.45, 2.75) is 36.7 Å². The summed E-state index contributed by atoms with van der Waals surface area (Å²) in [6, 6.07) is 3.08. The SMILES string of the molecule is CNCc1cc(Cl)cc(S(=O)(=O)NC2CCC2)c1Cl. The summed E-state index contributed by atoms with van der Waals surface area (Å²) in [5.74, 6) is 0. The molecule has 0 aliphatic heterocycles. The summed E-state index contributed by atoms with van der Waals surface area (Å²) in [7, 11) is -1.85. The normalized spacial score (nSPS) is 16.4. The van der Waals surface area contributed by atoms with Gasteiger partial charge in [-0.15, -0.1) is 0 Å². The van der Waals surface area contributed by atoms with Gasteiger partial charge in [-0.25, -0.2) is 13.1 Å². The van der Waals surface area contributed by atoms with E-state index in [2.05, 4.69) is 10.0 Å². The van der Waals surface area contributed by atoms with Crippen molar-refractivity contribution < 1.29 is 8.42 Å². The Kier molecular flexibility index (Phi) is 4.74. The Morgan fingerprint density at radius 3 is 2.53 bits per heavy atom. The van der Waals surface area contributed by atoms with Gasteiger partial charge in [0.25, 0.3) is 0 Å². The van der Waals surface area contributed by atoms with Crippen LogP contribution in [0.15, 0.2) is 17.0 Å². The van der Waals surface area contributed by atoms with Crippen LogP contribution in [0.1, 0.15) is 24.8 Å². The maximum Gasteiger partial charge on any atom is 0.242 e. The molecule has 1 aromatic rings. The maximum atomic E-state index is 12.3. The van der Waals surface area contributed by atoms with Gasteiger partial charge in [0.15, 0.2) is 0 Å². The lowest BCUT2D eigenvalue weighted by atomic mass is 9.94. The molecule has 0 unspecified atom stereocenters. The van der Waals surface area contributed by atoms with Crippen LogP contribution in [0.25, 0.3) is 0 Å². The lowest BCUT2D eigenvalue weighted by Crippen LogP contribution is -2.39. The predicted molar refractivity (Wildman–Crippen MR) is 77.2 cm³/mol. The molecule has 0 atom stereocenters. The van der Waals surface area contributed by atoms with Crippen molar-refractivity contribution in [1.29, 1.82) is 0 Å². The summed E-state index contributed by atoms with van der Waals surface area (Å²) in [5.41, 5.74) is 0.672. The minimum absolute atomic E-state index is 0.0211. The number of hydrogen-bond acceptors (Lipinski definition) is 3. The van der Waals surface area contributed by atoms with Crippen molar-refractivity contribution >= 4 is 33.2 Å². The van der Waals surface area contributed by atoms with Crippen LogP contribution in [-0.2, 0) is 16.6 Å². The van der Waals surface area contributed by atoms with Crippen LogP contribution in [0, 0.1) is 0 Å². The van der Waals surface area contributed by atoms with Gasteiger partial charge in [-0.05, 0) is 37.6 Å². The molecule has 106 valence electrons. The summed E-state index contributed by atoms with van der Waals surface area (Å²) < 4.78 is 27.2. The fourth-order valence-electron chi connectivity index (χ4n) is 1.94. The van der Waals surface area contributed by atoms with E-state index in [1.807, 2.05) is 0 Å². The number of nitrogens with one attached hydrogen (secondary N) is 2. The van der Waals surface area contributed by atoms with Crippen LogP contribution in [0.5, 0.6) is 0 Å². The van der Waals surface area contributed by atoms with E-state index in [4.69, 9.17) is 23.2 Å². The number of sulfonamides is 1. The fourth-order valence-corrected chi connectivity index (χ4v) is 4.18.